The molecule has 130 valence electrons. The molecule has 1 fully saturated rings. The Labute approximate surface area is 154 Å². The molecule has 3 aromatic rings. The normalized spacial score (nSPS) is 20.9. The molecule has 5 nitrogen and oxygen atoms in total. The van der Waals surface area contributed by atoms with Crippen molar-refractivity contribution in [3.63, 3.8) is 0 Å². The number of rotatable bonds is 3. The first kappa shape index (κ1) is 16.5. The predicted octanol–water partition coefficient (Wildman–Crippen LogP) is 4.71. The fourth-order valence-electron chi connectivity index (χ4n) is 3.57. The molecule has 4 rings (SSSR count). The van der Waals surface area contributed by atoms with Crippen molar-refractivity contribution in [2.45, 2.75) is 39.0 Å². The molecular formula is C19H20BrN3O2. The smallest absolute Gasteiger partial charge is 0.259 e. The molecule has 0 amide bonds. The van der Waals surface area contributed by atoms with Crippen LogP contribution in [0.2, 0.25) is 0 Å². The zero-order valence-electron chi connectivity index (χ0n) is 14.1. The summed E-state index contributed by atoms with van der Waals surface area (Å²) in [4.78, 5) is 19.7. The number of aromatic amines is 1. The number of H-pyrrole nitrogens is 1. The molecule has 2 heterocycles. The van der Waals surface area contributed by atoms with Gasteiger partial charge in [-0.15, -0.1) is 0 Å². The average Bonchev–Trinajstić information content (AvgIpc) is 3.05. The van der Waals surface area contributed by atoms with E-state index in [-0.39, 0.29) is 5.56 Å². The maximum atomic E-state index is 12.4. The average molecular weight is 402 g/mol. The molecule has 0 unspecified atom stereocenters. The van der Waals surface area contributed by atoms with Crippen molar-refractivity contribution in [3.05, 3.63) is 45.0 Å². The molecule has 1 aromatic carbocycles. The number of benzene rings is 1. The third-order valence-corrected chi connectivity index (χ3v) is 5.61. The van der Waals surface area contributed by atoms with E-state index in [2.05, 4.69) is 38.0 Å². The highest BCUT2D eigenvalue weighted by atomic mass is 79.9. The van der Waals surface area contributed by atoms with Gasteiger partial charge < -0.3 is 9.51 Å². The molecule has 1 N–H and O–H groups in total. The quantitative estimate of drug-likeness (QED) is 0.689. The second-order valence-corrected chi connectivity index (χ2v) is 8.00. The van der Waals surface area contributed by atoms with E-state index < -0.39 is 0 Å². The van der Waals surface area contributed by atoms with Crippen molar-refractivity contribution in [2.24, 2.45) is 11.8 Å². The van der Waals surface area contributed by atoms with Crippen molar-refractivity contribution in [2.75, 3.05) is 0 Å². The van der Waals surface area contributed by atoms with Crippen LogP contribution in [0.15, 0.2) is 38.1 Å². The van der Waals surface area contributed by atoms with Crippen molar-refractivity contribution in [1.82, 2.24) is 15.1 Å². The predicted molar refractivity (Wildman–Crippen MR) is 100 cm³/mol. The van der Waals surface area contributed by atoms with Crippen molar-refractivity contribution in [3.8, 4) is 11.4 Å². The lowest BCUT2D eigenvalue weighted by molar-refractivity contribution is 0.264. The fourth-order valence-corrected chi connectivity index (χ4v) is 3.95. The lowest BCUT2D eigenvalue weighted by Gasteiger charge is -2.24. The number of pyridine rings is 1. The topological polar surface area (TPSA) is 71.8 Å². The molecule has 1 saturated carbocycles. The molecule has 1 aliphatic carbocycles. The SMILES string of the molecule is CC1CCC(Cc2nc(-c3cc4cc(Br)ccc4[nH]c3=O)no2)CC1. The zero-order chi connectivity index (χ0) is 17.4. The maximum Gasteiger partial charge on any atom is 0.259 e. The molecule has 1 aliphatic rings. The summed E-state index contributed by atoms with van der Waals surface area (Å²) in [5.41, 5.74) is 1.03. The largest absolute Gasteiger partial charge is 0.339 e. The van der Waals surface area contributed by atoms with Gasteiger partial charge in [0.1, 0.15) is 0 Å². The molecule has 0 bridgehead atoms. The highest BCUT2D eigenvalue weighted by Crippen LogP contribution is 2.30. The van der Waals surface area contributed by atoms with E-state index in [1.165, 1.54) is 25.7 Å². The molecule has 0 saturated heterocycles. The summed E-state index contributed by atoms with van der Waals surface area (Å²) < 4.78 is 6.37. The van der Waals surface area contributed by atoms with Crippen LogP contribution in [0.5, 0.6) is 0 Å². The Morgan fingerprint density at radius 2 is 2.04 bits per heavy atom. The van der Waals surface area contributed by atoms with Crippen molar-refractivity contribution >= 4 is 26.8 Å². The van der Waals surface area contributed by atoms with E-state index in [0.717, 1.165) is 27.7 Å². The second-order valence-electron chi connectivity index (χ2n) is 7.09. The Morgan fingerprint density at radius 3 is 2.84 bits per heavy atom. The summed E-state index contributed by atoms with van der Waals surface area (Å²) in [6.45, 7) is 2.31. The van der Waals surface area contributed by atoms with Gasteiger partial charge >= 0.3 is 0 Å². The molecule has 6 heteroatoms. The van der Waals surface area contributed by atoms with Crippen LogP contribution < -0.4 is 5.56 Å². The highest BCUT2D eigenvalue weighted by molar-refractivity contribution is 9.10. The van der Waals surface area contributed by atoms with Gasteiger partial charge in [0.05, 0.1) is 5.56 Å². The second kappa shape index (κ2) is 6.75. The lowest BCUT2D eigenvalue weighted by Crippen LogP contribution is -2.14. The van der Waals surface area contributed by atoms with Gasteiger partial charge in [0.15, 0.2) is 0 Å². The Morgan fingerprint density at radius 1 is 1.24 bits per heavy atom. The van der Waals surface area contributed by atoms with Gasteiger partial charge in [-0.25, -0.2) is 0 Å². The summed E-state index contributed by atoms with van der Waals surface area (Å²) in [7, 11) is 0. The summed E-state index contributed by atoms with van der Waals surface area (Å²) in [5.74, 6) is 2.42. The van der Waals surface area contributed by atoms with Crippen molar-refractivity contribution < 1.29 is 4.52 Å². The minimum absolute atomic E-state index is 0.200. The number of nitrogens with zero attached hydrogens (tertiary/aromatic N) is 2. The van der Waals surface area contributed by atoms with Gasteiger partial charge in [0, 0.05) is 21.8 Å². The number of nitrogens with one attached hydrogen (secondary N) is 1. The number of aromatic nitrogens is 3. The Kier molecular flexibility index (Phi) is 4.46. The standard InChI is InChI=1S/C19H20BrN3O2/c1-11-2-4-12(5-3-11)8-17-22-18(23-25-17)15-10-13-9-14(20)6-7-16(13)21-19(15)24/h6-7,9-12H,2-5,8H2,1H3,(H,21,24). The van der Waals surface area contributed by atoms with Crippen LogP contribution in [0.25, 0.3) is 22.3 Å². The van der Waals surface area contributed by atoms with Crippen LogP contribution in [0.4, 0.5) is 0 Å². The third kappa shape index (κ3) is 3.54. The molecule has 2 aromatic heterocycles. The van der Waals surface area contributed by atoms with E-state index in [0.29, 0.717) is 23.2 Å². The molecule has 0 aliphatic heterocycles. The van der Waals surface area contributed by atoms with E-state index in [9.17, 15) is 4.79 Å². The summed E-state index contributed by atoms with van der Waals surface area (Å²) in [6.07, 6.45) is 5.76. The van der Waals surface area contributed by atoms with E-state index in [1.54, 1.807) is 0 Å². The van der Waals surface area contributed by atoms with Gasteiger partial charge in [-0.3, -0.25) is 4.79 Å². The van der Waals surface area contributed by atoms with Gasteiger partial charge in [0.25, 0.3) is 5.56 Å². The molecule has 0 spiro atoms. The maximum absolute atomic E-state index is 12.4. The number of hydrogen-bond donors (Lipinski definition) is 1. The lowest BCUT2D eigenvalue weighted by atomic mass is 9.81. The van der Waals surface area contributed by atoms with Crippen LogP contribution in [0.1, 0.15) is 38.5 Å². The van der Waals surface area contributed by atoms with Crippen LogP contribution >= 0.6 is 15.9 Å². The summed E-state index contributed by atoms with van der Waals surface area (Å²) in [6, 6.07) is 7.54. The Hall–Kier alpha value is -1.95. The number of halogens is 1. The summed E-state index contributed by atoms with van der Waals surface area (Å²) >= 11 is 3.45. The minimum atomic E-state index is -0.200. The van der Waals surface area contributed by atoms with Crippen LogP contribution in [-0.2, 0) is 6.42 Å². The van der Waals surface area contributed by atoms with E-state index >= 15 is 0 Å². The first-order valence-corrected chi connectivity index (χ1v) is 9.53. The van der Waals surface area contributed by atoms with Crippen molar-refractivity contribution in [1.29, 1.82) is 0 Å². The minimum Gasteiger partial charge on any atom is -0.339 e. The van der Waals surface area contributed by atoms with Gasteiger partial charge in [-0.1, -0.05) is 40.9 Å². The van der Waals surface area contributed by atoms with Crippen LogP contribution in [0, 0.1) is 11.8 Å². The number of fused-ring (bicyclic) bond motifs is 1. The highest BCUT2D eigenvalue weighted by Gasteiger charge is 2.21. The fraction of sp³-hybridized carbons (Fsp3) is 0.421. The van der Waals surface area contributed by atoms with E-state index in [4.69, 9.17) is 4.52 Å². The summed E-state index contributed by atoms with van der Waals surface area (Å²) in [5, 5.41) is 4.97. The van der Waals surface area contributed by atoms with Gasteiger partial charge in [0.2, 0.25) is 11.7 Å². The zero-order valence-corrected chi connectivity index (χ0v) is 15.7. The monoisotopic (exact) mass is 401 g/mol. The Balaban J connectivity index is 1.60. The van der Waals surface area contributed by atoms with Crippen LogP contribution in [-0.4, -0.2) is 15.1 Å². The first-order valence-electron chi connectivity index (χ1n) is 8.74. The molecular weight excluding hydrogens is 382 g/mol. The van der Waals surface area contributed by atoms with Gasteiger partial charge in [-0.05, 0) is 48.9 Å². The number of hydrogen-bond acceptors (Lipinski definition) is 4. The Bertz CT molecular complexity index is 955. The first-order chi connectivity index (χ1) is 12.1. The van der Waals surface area contributed by atoms with Gasteiger partial charge in [-0.2, -0.15) is 4.98 Å². The molecule has 0 atom stereocenters. The third-order valence-electron chi connectivity index (χ3n) is 5.11. The van der Waals surface area contributed by atoms with Crippen LogP contribution in [0.3, 0.4) is 0 Å². The molecule has 0 radical (unpaired) electrons. The molecule has 25 heavy (non-hydrogen) atoms. The van der Waals surface area contributed by atoms with E-state index in [1.807, 2.05) is 24.3 Å².